The van der Waals surface area contributed by atoms with Crippen molar-refractivity contribution >= 4 is 0 Å². The fourth-order valence-corrected chi connectivity index (χ4v) is 0.894. The molecule has 0 aromatic carbocycles. The summed E-state index contributed by atoms with van der Waals surface area (Å²) < 4.78 is 12.1. The van der Waals surface area contributed by atoms with Crippen molar-refractivity contribution in [1.29, 1.82) is 0 Å². The van der Waals surface area contributed by atoms with Crippen LogP contribution in [-0.2, 0) is 6.67 Å². The first kappa shape index (κ1) is 8.18. The molecule has 0 aliphatic carbocycles. The molecule has 1 rings (SSSR count). The number of alkyl halides is 1. The van der Waals surface area contributed by atoms with Crippen LogP contribution in [0.2, 0.25) is 0 Å². The van der Waals surface area contributed by atoms with E-state index in [1.165, 1.54) is 0 Å². The number of hydrogen-bond donors (Lipinski definition) is 0. The second kappa shape index (κ2) is 3.46. The fraction of sp³-hybridized carbons (Fsp3) is 0.444. The Bertz CT molecular complexity index is 233. The third-order valence-electron chi connectivity index (χ3n) is 1.56. The standard InChI is InChI=1S/C9H12FN/c1-7(2)9-5-3-4-8(6-10)11-9/h3-5,7H,6H2,1-2H3. The lowest BCUT2D eigenvalue weighted by Gasteiger charge is -2.03. The minimum Gasteiger partial charge on any atom is -0.255 e. The summed E-state index contributed by atoms with van der Waals surface area (Å²) in [6, 6.07) is 5.47. The number of aromatic nitrogens is 1. The van der Waals surface area contributed by atoms with Crippen molar-refractivity contribution in [2.24, 2.45) is 0 Å². The van der Waals surface area contributed by atoms with E-state index in [0.717, 1.165) is 5.69 Å². The molecule has 0 atom stereocenters. The van der Waals surface area contributed by atoms with Gasteiger partial charge in [0.2, 0.25) is 0 Å². The molecule has 60 valence electrons. The summed E-state index contributed by atoms with van der Waals surface area (Å²) in [7, 11) is 0. The van der Waals surface area contributed by atoms with Crippen LogP contribution in [-0.4, -0.2) is 4.98 Å². The minimum atomic E-state index is -0.472. The van der Waals surface area contributed by atoms with E-state index in [9.17, 15) is 4.39 Å². The number of pyridine rings is 1. The Kier molecular flexibility index (Phi) is 2.58. The maximum atomic E-state index is 12.1. The van der Waals surface area contributed by atoms with Crippen LogP contribution in [0.5, 0.6) is 0 Å². The lowest BCUT2D eigenvalue weighted by Crippen LogP contribution is -1.94. The molecular weight excluding hydrogens is 141 g/mol. The SMILES string of the molecule is CC(C)c1cccc(CF)n1. The quantitative estimate of drug-likeness (QED) is 0.636. The molecule has 0 fully saturated rings. The molecule has 0 spiro atoms. The van der Waals surface area contributed by atoms with Gasteiger partial charge in [0.1, 0.15) is 6.67 Å². The van der Waals surface area contributed by atoms with Crippen LogP contribution >= 0.6 is 0 Å². The zero-order valence-corrected chi connectivity index (χ0v) is 6.84. The highest BCUT2D eigenvalue weighted by molar-refractivity contribution is 5.13. The van der Waals surface area contributed by atoms with Crippen molar-refractivity contribution in [3.63, 3.8) is 0 Å². The molecule has 0 amide bonds. The Hall–Kier alpha value is -0.920. The van der Waals surface area contributed by atoms with Gasteiger partial charge in [0, 0.05) is 5.69 Å². The number of hydrogen-bond acceptors (Lipinski definition) is 1. The van der Waals surface area contributed by atoms with Crippen molar-refractivity contribution < 1.29 is 4.39 Å². The van der Waals surface area contributed by atoms with E-state index in [1.54, 1.807) is 6.07 Å². The molecule has 1 heterocycles. The van der Waals surface area contributed by atoms with Gasteiger partial charge >= 0.3 is 0 Å². The van der Waals surface area contributed by atoms with Gasteiger partial charge in [-0.15, -0.1) is 0 Å². The van der Waals surface area contributed by atoms with Gasteiger partial charge in [-0.25, -0.2) is 4.39 Å². The predicted molar refractivity (Wildman–Crippen MR) is 43.1 cm³/mol. The Labute approximate surface area is 66.3 Å². The van der Waals surface area contributed by atoms with Gasteiger partial charge in [0.15, 0.2) is 0 Å². The minimum absolute atomic E-state index is 0.376. The fourth-order valence-electron chi connectivity index (χ4n) is 0.894. The summed E-state index contributed by atoms with van der Waals surface area (Å²) in [5, 5.41) is 0. The van der Waals surface area contributed by atoms with Crippen LogP contribution in [0.3, 0.4) is 0 Å². The average Bonchev–Trinajstić information content (AvgIpc) is 2.05. The molecule has 0 unspecified atom stereocenters. The van der Waals surface area contributed by atoms with Crippen LogP contribution < -0.4 is 0 Å². The molecule has 0 saturated heterocycles. The number of halogens is 1. The summed E-state index contributed by atoms with van der Waals surface area (Å²) >= 11 is 0. The molecule has 1 aromatic heterocycles. The average molecular weight is 153 g/mol. The van der Waals surface area contributed by atoms with E-state index in [4.69, 9.17) is 0 Å². The van der Waals surface area contributed by atoms with Crippen molar-refractivity contribution in [3.05, 3.63) is 29.6 Å². The smallest absolute Gasteiger partial charge is 0.131 e. The summed E-state index contributed by atoms with van der Waals surface area (Å²) in [5.41, 5.74) is 1.48. The van der Waals surface area contributed by atoms with Gasteiger partial charge in [-0.1, -0.05) is 19.9 Å². The summed E-state index contributed by atoms with van der Waals surface area (Å²) in [6.07, 6.45) is 0. The van der Waals surface area contributed by atoms with Crippen LogP contribution in [0, 0.1) is 0 Å². The second-order valence-corrected chi connectivity index (χ2v) is 2.84. The van der Waals surface area contributed by atoms with E-state index < -0.39 is 6.67 Å². The van der Waals surface area contributed by atoms with Gasteiger partial charge in [-0.3, -0.25) is 4.98 Å². The largest absolute Gasteiger partial charge is 0.255 e. The van der Waals surface area contributed by atoms with Crippen LogP contribution in [0.1, 0.15) is 31.2 Å². The monoisotopic (exact) mass is 153 g/mol. The van der Waals surface area contributed by atoms with Gasteiger partial charge in [-0.2, -0.15) is 0 Å². The van der Waals surface area contributed by atoms with E-state index >= 15 is 0 Å². The number of rotatable bonds is 2. The maximum absolute atomic E-state index is 12.1. The normalized spacial score (nSPS) is 10.5. The summed E-state index contributed by atoms with van der Waals surface area (Å²) in [5.74, 6) is 0.376. The molecule has 11 heavy (non-hydrogen) atoms. The van der Waals surface area contributed by atoms with Crippen LogP contribution in [0.15, 0.2) is 18.2 Å². The summed E-state index contributed by atoms with van der Waals surface area (Å²) in [4.78, 5) is 4.12. The lowest BCUT2D eigenvalue weighted by molar-refractivity contribution is 0.474. The third kappa shape index (κ3) is 2.00. The Balaban J connectivity index is 2.91. The first-order chi connectivity index (χ1) is 5.24. The van der Waals surface area contributed by atoms with Crippen molar-refractivity contribution in [3.8, 4) is 0 Å². The third-order valence-corrected chi connectivity index (χ3v) is 1.56. The second-order valence-electron chi connectivity index (χ2n) is 2.84. The number of nitrogens with zero attached hydrogens (tertiary/aromatic N) is 1. The van der Waals surface area contributed by atoms with Gasteiger partial charge < -0.3 is 0 Å². The van der Waals surface area contributed by atoms with E-state index in [-0.39, 0.29) is 0 Å². The van der Waals surface area contributed by atoms with Crippen molar-refractivity contribution in [2.75, 3.05) is 0 Å². The molecule has 0 aliphatic rings. The molecule has 0 N–H and O–H groups in total. The molecule has 0 radical (unpaired) electrons. The predicted octanol–water partition coefficient (Wildman–Crippen LogP) is 2.67. The lowest BCUT2D eigenvalue weighted by atomic mass is 10.1. The van der Waals surface area contributed by atoms with E-state index in [0.29, 0.717) is 11.6 Å². The highest BCUT2D eigenvalue weighted by atomic mass is 19.1. The van der Waals surface area contributed by atoms with Gasteiger partial charge in [0.05, 0.1) is 5.69 Å². The summed E-state index contributed by atoms with van der Waals surface area (Å²) in [6.45, 7) is 3.62. The molecule has 0 aliphatic heterocycles. The van der Waals surface area contributed by atoms with E-state index in [2.05, 4.69) is 4.98 Å². The highest BCUT2D eigenvalue weighted by Gasteiger charge is 2.00. The van der Waals surface area contributed by atoms with Gasteiger partial charge in [-0.05, 0) is 18.1 Å². The van der Waals surface area contributed by atoms with Crippen molar-refractivity contribution in [1.82, 2.24) is 4.98 Å². The van der Waals surface area contributed by atoms with Crippen molar-refractivity contribution in [2.45, 2.75) is 26.4 Å². The Morgan fingerprint density at radius 2 is 2.18 bits per heavy atom. The first-order valence-corrected chi connectivity index (χ1v) is 3.76. The van der Waals surface area contributed by atoms with Crippen LogP contribution in [0.4, 0.5) is 4.39 Å². The molecule has 1 aromatic rings. The maximum Gasteiger partial charge on any atom is 0.131 e. The molecule has 1 nitrogen and oxygen atoms in total. The van der Waals surface area contributed by atoms with Gasteiger partial charge in [0.25, 0.3) is 0 Å². The van der Waals surface area contributed by atoms with Crippen LogP contribution in [0.25, 0.3) is 0 Å². The topological polar surface area (TPSA) is 12.9 Å². The van der Waals surface area contributed by atoms with E-state index in [1.807, 2.05) is 26.0 Å². The Morgan fingerprint density at radius 1 is 1.45 bits per heavy atom. The molecule has 2 heteroatoms. The molecule has 0 bridgehead atoms. The zero-order valence-electron chi connectivity index (χ0n) is 6.84. The Morgan fingerprint density at radius 3 is 2.73 bits per heavy atom. The highest BCUT2D eigenvalue weighted by Crippen LogP contribution is 2.11. The molecular formula is C9H12FN. The molecule has 0 saturated carbocycles. The zero-order chi connectivity index (χ0) is 8.27. The first-order valence-electron chi connectivity index (χ1n) is 3.76.